The number of ether oxygens (including phenoxy) is 1. The molecule has 21 heavy (non-hydrogen) atoms. The molecule has 0 saturated carbocycles. The zero-order valence-corrected chi connectivity index (χ0v) is 11.4. The number of methoxy groups -OCH3 is 1. The predicted octanol–water partition coefficient (Wildman–Crippen LogP) is 1.98. The maximum atomic E-state index is 11.9. The smallest absolute Gasteiger partial charge is 0.372 e. The number of furan rings is 1. The van der Waals surface area contributed by atoms with Gasteiger partial charge in [-0.2, -0.15) is 0 Å². The molecule has 0 spiro atoms. The molecular formula is C15H15NO5. The lowest BCUT2D eigenvalue weighted by atomic mass is 10.1. The summed E-state index contributed by atoms with van der Waals surface area (Å²) in [5, 5.41) is 12.0. The van der Waals surface area contributed by atoms with Crippen molar-refractivity contribution >= 4 is 11.9 Å². The maximum Gasteiger partial charge on any atom is 0.372 e. The zero-order valence-electron chi connectivity index (χ0n) is 11.4. The molecule has 1 aromatic heterocycles. The second-order valence-electron chi connectivity index (χ2n) is 4.33. The Morgan fingerprint density at radius 2 is 2.00 bits per heavy atom. The van der Waals surface area contributed by atoms with Crippen molar-refractivity contribution < 1.29 is 23.8 Å². The van der Waals surface area contributed by atoms with Crippen molar-refractivity contribution in [3.8, 4) is 0 Å². The first-order chi connectivity index (χ1) is 10.1. The Morgan fingerprint density at radius 3 is 2.62 bits per heavy atom. The Kier molecular flexibility index (Phi) is 4.73. The van der Waals surface area contributed by atoms with Crippen LogP contribution in [0.3, 0.4) is 0 Å². The Hall–Kier alpha value is -2.60. The first kappa shape index (κ1) is 14.8. The average Bonchev–Trinajstić information content (AvgIpc) is 2.97. The molecule has 0 fully saturated rings. The van der Waals surface area contributed by atoms with Crippen LogP contribution in [0.25, 0.3) is 0 Å². The number of hydrogen-bond acceptors (Lipinski definition) is 5. The van der Waals surface area contributed by atoms with E-state index >= 15 is 0 Å². The lowest BCUT2D eigenvalue weighted by Crippen LogP contribution is -2.29. The maximum absolute atomic E-state index is 11.9. The molecule has 0 bridgehead atoms. The van der Waals surface area contributed by atoms with Crippen molar-refractivity contribution in [3.63, 3.8) is 0 Å². The Balaban J connectivity index is 2.15. The third-order valence-corrected chi connectivity index (χ3v) is 3.01. The van der Waals surface area contributed by atoms with Crippen molar-refractivity contribution in [3.05, 3.63) is 59.5 Å². The van der Waals surface area contributed by atoms with E-state index in [-0.39, 0.29) is 12.3 Å². The van der Waals surface area contributed by atoms with Gasteiger partial charge in [0.25, 0.3) is 0 Å². The average molecular weight is 289 g/mol. The van der Waals surface area contributed by atoms with Crippen LogP contribution in [0.15, 0.2) is 47.1 Å². The third kappa shape index (κ3) is 3.49. The molecule has 0 amide bonds. The summed E-state index contributed by atoms with van der Waals surface area (Å²) >= 11 is 0. The summed E-state index contributed by atoms with van der Waals surface area (Å²) in [5.74, 6) is -1.73. The first-order valence-corrected chi connectivity index (χ1v) is 6.29. The number of benzene rings is 1. The minimum atomic E-state index is -1.15. The highest BCUT2D eigenvalue weighted by molar-refractivity contribution is 5.86. The van der Waals surface area contributed by atoms with Crippen LogP contribution in [-0.2, 0) is 16.1 Å². The van der Waals surface area contributed by atoms with Crippen molar-refractivity contribution in [1.82, 2.24) is 5.32 Å². The van der Waals surface area contributed by atoms with Crippen LogP contribution in [0.5, 0.6) is 0 Å². The van der Waals surface area contributed by atoms with E-state index in [1.807, 2.05) is 18.2 Å². The van der Waals surface area contributed by atoms with Crippen LogP contribution in [0.1, 0.15) is 27.7 Å². The molecule has 6 heteroatoms. The fourth-order valence-electron chi connectivity index (χ4n) is 1.98. The van der Waals surface area contributed by atoms with Gasteiger partial charge in [0.2, 0.25) is 5.76 Å². The Labute approximate surface area is 121 Å². The number of esters is 1. The number of nitrogens with one attached hydrogen (secondary N) is 1. The molecule has 0 saturated heterocycles. The van der Waals surface area contributed by atoms with Crippen LogP contribution >= 0.6 is 0 Å². The minimum Gasteiger partial charge on any atom is -0.475 e. The van der Waals surface area contributed by atoms with Gasteiger partial charge in [0.1, 0.15) is 6.04 Å². The number of carboxylic acid groups (broad SMARTS) is 1. The number of rotatable bonds is 6. The summed E-state index contributed by atoms with van der Waals surface area (Å²) in [4.78, 5) is 22.8. The normalized spacial score (nSPS) is 11.9. The largest absolute Gasteiger partial charge is 0.475 e. The molecule has 1 heterocycles. The van der Waals surface area contributed by atoms with Gasteiger partial charge in [-0.05, 0) is 11.6 Å². The highest BCUT2D eigenvalue weighted by Crippen LogP contribution is 2.17. The van der Waals surface area contributed by atoms with E-state index in [0.717, 1.165) is 5.56 Å². The fourth-order valence-corrected chi connectivity index (χ4v) is 1.98. The van der Waals surface area contributed by atoms with Crippen molar-refractivity contribution in [2.75, 3.05) is 7.11 Å². The van der Waals surface area contributed by atoms with Crippen LogP contribution in [0, 0.1) is 0 Å². The van der Waals surface area contributed by atoms with Gasteiger partial charge in [-0.1, -0.05) is 30.3 Å². The molecular weight excluding hydrogens is 274 g/mol. The van der Waals surface area contributed by atoms with E-state index in [1.165, 1.54) is 13.4 Å². The van der Waals surface area contributed by atoms with Gasteiger partial charge in [0.05, 0.1) is 13.4 Å². The zero-order chi connectivity index (χ0) is 15.2. The fraction of sp³-hybridized carbons (Fsp3) is 0.200. The number of aromatic carboxylic acids is 1. The summed E-state index contributed by atoms with van der Waals surface area (Å²) in [6.07, 6.45) is 1.30. The molecule has 2 aromatic rings. The van der Waals surface area contributed by atoms with E-state index in [4.69, 9.17) is 14.3 Å². The van der Waals surface area contributed by atoms with Gasteiger partial charge < -0.3 is 14.3 Å². The molecule has 0 radical (unpaired) electrons. The summed E-state index contributed by atoms with van der Waals surface area (Å²) in [7, 11) is 1.31. The molecule has 110 valence electrons. The van der Waals surface area contributed by atoms with Crippen molar-refractivity contribution in [2.24, 2.45) is 0 Å². The molecule has 1 atom stereocenters. The highest BCUT2D eigenvalue weighted by Gasteiger charge is 2.22. The number of carboxylic acids is 1. The van der Waals surface area contributed by atoms with E-state index in [1.54, 1.807) is 18.2 Å². The summed E-state index contributed by atoms with van der Waals surface area (Å²) < 4.78 is 9.67. The third-order valence-electron chi connectivity index (χ3n) is 3.01. The second-order valence-corrected chi connectivity index (χ2v) is 4.33. The summed E-state index contributed by atoms with van der Waals surface area (Å²) in [6, 6.07) is 9.94. The van der Waals surface area contributed by atoms with Crippen LogP contribution in [0.4, 0.5) is 0 Å². The number of carbonyl (C=O) groups is 2. The highest BCUT2D eigenvalue weighted by atomic mass is 16.5. The molecule has 0 aliphatic carbocycles. The van der Waals surface area contributed by atoms with E-state index < -0.39 is 18.0 Å². The van der Waals surface area contributed by atoms with E-state index in [2.05, 4.69) is 5.32 Å². The van der Waals surface area contributed by atoms with Gasteiger partial charge in [-0.25, -0.2) is 9.59 Å². The molecule has 0 aliphatic rings. The van der Waals surface area contributed by atoms with Crippen molar-refractivity contribution in [1.29, 1.82) is 0 Å². The van der Waals surface area contributed by atoms with Gasteiger partial charge >= 0.3 is 11.9 Å². The topological polar surface area (TPSA) is 88.8 Å². The molecule has 1 aromatic carbocycles. The van der Waals surface area contributed by atoms with Crippen LogP contribution in [0.2, 0.25) is 0 Å². The summed E-state index contributed by atoms with van der Waals surface area (Å²) in [5.41, 5.74) is 1.21. The lowest BCUT2D eigenvalue weighted by Gasteiger charge is -2.16. The number of hydrogen-bond donors (Lipinski definition) is 2. The Bertz CT molecular complexity index is 620. The SMILES string of the molecule is COC(=O)C(NCc1ccoc1C(=O)O)c1ccccc1. The quantitative estimate of drug-likeness (QED) is 0.790. The predicted molar refractivity (Wildman–Crippen MR) is 73.7 cm³/mol. The molecule has 6 nitrogen and oxygen atoms in total. The van der Waals surface area contributed by atoms with Crippen molar-refractivity contribution in [2.45, 2.75) is 12.6 Å². The van der Waals surface area contributed by atoms with Crippen LogP contribution < -0.4 is 5.32 Å². The molecule has 2 N–H and O–H groups in total. The van der Waals surface area contributed by atoms with Gasteiger partial charge in [0, 0.05) is 12.1 Å². The van der Waals surface area contributed by atoms with Gasteiger partial charge in [-0.3, -0.25) is 5.32 Å². The standard InChI is InChI=1S/C15H15NO5/c1-20-15(19)12(10-5-3-2-4-6-10)16-9-11-7-8-21-13(11)14(17)18/h2-8,12,16H,9H2,1H3,(H,17,18). The van der Waals surface area contributed by atoms with Gasteiger partial charge in [0.15, 0.2) is 0 Å². The van der Waals surface area contributed by atoms with Crippen LogP contribution in [-0.4, -0.2) is 24.2 Å². The Morgan fingerprint density at radius 1 is 1.29 bits per heavy atom. The summed E-state index contributed by atoms with van der Waals surface area (Å²) in [6.45, 7) is 0.173. The molecule has 0 aliphatic heterocycles. The van der Waals surface area contributed by atoms with Gasteiger partial charge in [-0.15, -0.1) is 0 Å². The second kappa shape index (κ2) is 6.71. The monoisotopic (exact) mass is 289 g/mol. The molecule has 1 unspecified atom stereocenters. The first-order valence-electron chi connectivity index (χ1n) is 6.29. The van der Waals surface area contributed by atoms with E-state index in [9.17, 15) is 9.59 Å². The number of carbonyl (C=O) groups excluding carboxylic acids is 1. The molecule has 2 rings (SSSR count). The minimum absolute atomic E-state index is 0.140. The van der Waals surface area contributed by atoms with E-state index in [0.29, 0.717) is 5.56 Å². The lowest BCUT2D eigenvalue weighted by molar-refractivity contribution is -0.143.